The van der Waals surface area contributed by atoms with E-state index in [1.807, 2.05) is 53.7 Å². The van der Waals surface area contributed by atoms with E-state index >= 15 is 0 Å². The number of Topliss-reactive ketones (excluding diaryl/α,β-unsaturated/α-hetero) is 3. The minimum absolute atomic E-state index is 0.0171. The Bertz CT molecular complexity index is 1480. The van der Waals surface area contributed by atoms with Crippen molar-refractivity contribution in [2.45, 2.75) is 101 Å². The summed E-state index contributed by atoms with van der Waals surface area (Å²) in [5, 5.41) is 31.5. The normalized spacial score (nSPS) is 25.8. The first-order valence-electron chi connectivity index (χ1n) is 15.6. The van der Waals surface area contributed by atoms with Crippen molar-refractivity contribution in [3.63, 3.8) is 0 Å². The Kier molecular flexibility index (Phi) is 10.4. The second-order valence-electron chi connectivity index (χ2n) is 14.1. The van der Waals surface area contributed by atoms with Gasteiger partial charge in [-0.25, -0.2) is 0 Å². The van der Waals surface area contributed by atoms with Crippen molar-refractivity contribution >= 4 is 23.1 Å². The standard InChI is InChI=1S/C38H50O6/c1-23(2)11-10-12-26(7)13-15-28-22-37(19-17-24(3)4)33(42)31(32(41)27-14-16-29(39)30(40)21-27)34(43)38(35(37)44,36(28,8)9)20-18-25(5)6/h11,13-14,16-18,21,28,39-41H,10,12,15,19-20,22H2,1-9H3/b26-13+,32-31-/t28-,37+,38-/m0/s1. The third kappa shape index (κ3) is 6.27. The van der Waals surface area contributed by atoms with Crippen LogP contribution in [0.4, 0.5) is 0 Å². The number of allylic oxidation sites excluding steroid dienone is 9. The molecule has 0 heterocycles. The predicted octanol–water partition coefficient (Wildman–Crippen LogP) is 8.90. The van der Waals surface area contributed by atoms with Crippen LogP contribution in [-0.4, -0.2) is 32.7 Å². The van der Waals surface area contributed by atoms with Gasteiger partial charge in [-0.2, -0.15) is 0 Å². The molecule has 6 nitrogen and oxygen atoms in total. The Hall–Kier alpha value is -3.67. The van der Waals surface area contributed by atoms with Gasteiger partial charge in [0.05, 0.1) is 5.41 Å². The van der Waals surface area contributed by atoms with Crippen LogP contribution in [0.2, 0.25) is 0 Å². The number of fused-ring (bicyclic) bond motifs is 2. The van der Waals surface area contributed by atoms with Crippen LogP contribution in [0.3, 0.4) is 0 Å². The summed E-state index contributed by atoms with van der Waals surface area (Å²) in [5.41, 5.74) is 0.00501. The molecule has 2 aliphatic carbocycles. The van der Waals surface area contributed by atoms with Gasteiger partial charge in [-0.05, 0) is 117 Å². The van der Waals surface area contributed by atoms with Gasteiger partial charge in [0.2, 0.25) is 0 Å². The van der Waals surface area contributed by atoms with E-state index in [1.54, 1.807) is 0 Å². The zero-order valence-corrected chi connectivity index (χ0v) is 27.9. The molecule has 2 fully saturated rings. The van der Waals surface area contributed by atoms with Gasteiger partial charge in [0.1, 0.15) is 16.7 Å². The highest BCUT2D eigenvalue weighted by atomic mass is 16.3. The lowest BCUT2D eigenvalue weighted by Crippen LogP contribution is -2.69. The first-order valence-corrected chi connectivity index (χ1v) is 15.6. The number of aliphatic hydroxyl groups is 1. The number of phenols is 2. The summed E-state index contributed by atoms with van der Waals surface area (Å²) >= 11 is 0. The summed E-state index contributed by atoms with van der Waals surface area (Å²) in [6, 6.07) is 3.65. The minimum atomic E-state index is -1.59. The van der Waals surface area contributed by atoms with Crippen molar-refractivity contribution in [2.75, 3.05) is 0 Å². The van der Waals surface area contributed by atoms with Gasteiger partial charge in [-0.1, -0.05) is 60.4 Å². The molecule has 2 aliphatic rings. The van der Waals surface area contributed by atoms with Crippen LogP contribution in [0.1, 0.15) is 106 Å². The molecule has 6 heteroatoms. The number of benzene rings is 1. The lowest BCUT2D eigenvalue weighted by Gasteiger charge is -2.60. The Morgan fingerprint density at radius 1 is 0.818 bits per heavy atom. The van der Waals surface area contributed by atoms with E-state index in [0.717, 1.165) is 30.1 Å². The van der Waals surface area contributed by atoms with E-state index in [9.17, 15) is 29.7 Å². The SMILES string of the molecule is CC(C)=CCC/C(C)=C/C[C@H]1C[C@]2(CC=C(C)C)C(=O)/C(=C(/O)c3ccc(O)c(O)c3)C(=O)[C@@](CC=C(C)C)(C2=O)C1(C)C. The molecule has 0 spiro atoms. The van der Waals surface area contributed by atoms with Crippen molar-refractivity contribution < 1.29 is 29.7 Å². The summed E-state index contributed by atoms with van der Waals surface area (Å²) in [4.78, 5) is 44.3. The fourth-order valence-electron chi connectivity index (χ4n) is 6.86. The summed E-state index contributed by atoms with van der Waals surface area (Å²) in [6.07, 6.45) is 11.1. The quantitative estimate of drug-likeness (QED) is 0.0616. The molecule has 1 aromatic carbocycles. The minimum Gasteiger partial charge on any atom is -0.506 e. The molecule has 3 atom stereocenters. The van der Waals surface area contributed by atoms with Gasteiger partial charge < -0.3 is 15.3 Å². The summed E-state index contributed by atoms with van der Waals surface area (Å²) in [7, 11) is 0. The molecule has 3 rings (SSSR count). The number of hydrogen-bond acceptors (Lipinski definition) is 6. The van der Waals surface area contributed by atoms with Gasteiger partial charge in [-0.3, -0.25) is 14.4 Å². The molecular formula is C38H50O6. The van der Waals surface area contributed by atoms with Gasteiger partial charge in [0, 0.05) is 5.56 Å². The van der Waals surface area contributed by atoms with E-state index in [-0.39, 0.29) is 36.5 Å². The second-order valence-corrected chi connectivity index (χ2v) is 14.1. The molecule has 2 bridgehead atoms. The number of carbonyl (C=O) groups is 3. The predicted molar refractivity (Wildman–Crippen MR) is 176 cm³/mol. The highest BCUT2D eigenvalue weighted by Gasteiger charge is 2.73. The number of aromatic hydroxyl groups is 2. The van der Waals surface area contributed by atoms with E-state index in [0.29, 0.717) is 6.42 Å². The Morgan fingerprint density at radius 2 is 1.41 bits per heavy atom. The molecule has 1 aromatic rings. The van der Waals surface area contributed by atoms with Crippen LogP contribution >= 0.6 is 0 Å². The molecule has 0 unspecified atom stereocenters. The van der Waals surface area contributed by atoms with Crippen LogP contribution in [-0.2, 0) is 14.4 Å². The zero-order chi connectivity index (χ0) is 33.2. The van der Waals surface area contributed by atoms with Crippen LogP contribution in [0.25, 0.3) is 5.76 Å². The van der Waals surface area contributed by atoms with E-state index in [4.69, 9.17) is 0 Å². The van der Waals surface area contributed by atoms with Crippen molar-refractivity contribution in [2.24, 2.45) is 22.2 Å². The lowest BCUT2D eigenvalue weighted by molar-refractivity contribution is -0.176. The molecule has 2 saturated carbocycles. The van der Waals surface area contributed by atoms with E-state index in [1.165, 1.54) is 23.3 Å². The third-order valence-electron chi connectivity index (χ3n) is 9.82. The number of hydrogen-bond donors (Lipinski definition) is 3. The molecular weight excluding hydrogens is 552 g/mol. The Balaban J connectivity index is 2.32. The fraction of sp³-hybridized carbons (Fsp3) is 0.500. The Labute approximate surface area is 263 Å². The molecule has 0 radical (unpaired) electrons. The van der Waals surface area contributed by atoms with Gasteiger partial charge in [0.15, 0.2) is 28.8 Å². The number of rotatable bonds is 10. The van der Waals surface area contributed by atoms with E-state index < -0.39 is 50.6 Å². The van der Waals surface area contributed by atoms with Crippen LogP contribution in [0.5, 0.6) is 11.5 Å². The average molecular weight is 603 g/mol. The third-order valence-corrected chi connectivity index (χ3v) is 9.82. The van der Waals surface area contributed by atoms with Crippen molar-refractivity contribution in [1.29, 1.82) is 0 Å². The summed E-state index contributed by atoms with van der Waals surface area (Å²) in [6.45, 7) is 17.8. The smallest absolute Gasteiger partial charge is 0.184 e. The van der Waals surface area contributed by atoms with Crippen molar-refractivity contribution in [3.8, 4) is 11.5 Å². The summed E-state index contributed by atoms with van der Waals surface area (Å²) in [5.74, 6) is -3.36. The molecule has 0 saturated heterocycles. The van der Waals surface area contributed by atoms with Crippen LogP contribution in [0.15, 0.2) is 70.4 Å². The number of aliphatic hydroxyl groups excluding tert-OH is 1. The van der Waals surface area contributed by atoms with Crippen molar-refractivity contribution in [3.05, 3.63) is 75.9 Å². The highest BCUT2D eigenvalue weighted by molar-refractivity contribution is 6.41. The van der Waals surface area contributed by atoms with Gasteiger partial charge in [0.25, 0.3) is 0 Å². The number of phenolic OH excluding ortho intramolecular Hbond substituents is 2. The zero-order valence-electron chi connectivity index (χ0n) is 27.9. The lowest BCUT2D eigenvalue weighted by atomic mass is 9.38. The van der Waals surface area contributed by atoms with Crippen LogP contribution in [0, 0.1) is 22.2 Å². The highest BCUT2D eigenvalue weighted by Crippen LogP contribution is 2.65. The first-order chi connectivity index (χ1) is 20.4. The maximum absolute atomic E-state index is 14.9. The fourth-order valence-corrected chi connectivity index (χ4v) is 6.86. The van der Waals surface area contributed by atoms with Crippen molar-refractivity contribution in [1.82, 2.24) is 0 Å². The van der Waals surface area contributed by atoms with Gasteiger partial charge >= 0.3 is 0 Å². The molecule has 0 aromatic heterocycles. The molecule has 0 amide bonds. The van der Waals surface area contributed by atoms with E-state index in [2.05, 4.69) is 32.9 Å². The average Bonchev–Trinajstić information content (AvgIpc) is 2.92. The molecule has 3 N–H and O–H groups in total. The largest absolute Gasteiger partial charge is 0.506 e. The topological polar surface area (TPSA) is 112 Å². The van der Waals surface area contributed by atoms with Gasteiger partial charge in [-0.15, -0.1) is 0 Å². The maximum atomic E-state index is 14.9. The molecule has 0 aliphatic heterocycles. The molecule has 44 heavy (non-hydrogen) atoms. The summed E-state index contributed by atoms with van der Waals surface area (Å²) < 4.78 is 0. The molecule has 238 valence electrons. The number of ketones is 3. The van der Waals surface area contributed by atoms with Crippen LogP contribution < -0.4 is 0 Å². The number of carbonyl (C=O) groups excluding carboxylic acids is 3. The maximum Gasteiger partial charge on any atom is 0.184 e. The monoisotopic (exact) mass is 602 g/mol. The first kappa shape index (κ1) is 34.8. The second kappa shape index (κ2) is 13.1. The Morgan fingerprint density at radius 3 is 1.98 bits per heavy atom.